The molecule has 1 unspecified atom stereocenters. The molecule has 1 rings (SSSR count). The molecule has 0 fully saturated rings. The molecule has 0 aliphatic carbocycles. The number of aromatic nitrogens is 1. The highest BCUT2D eigenvalue weighted by molar-refractivity contribution is 5.06. The SMILES string of the molecule is CCCCC(CC)Cn1cccc1CC. The Morgan fingerprint density at radius 3 is 2.67 bits per heavy atom. The summed E-state index contributed by atoms with van der Waals surface area (Å²) in [5.74, 6) is 0.864. The molecule has 15 heavy (non-hydrogen) atoms. The largest absolute Gasteiger partial charge is 0.351 e. The lowest BCUT2D eigenvalue weighted by Gasteiger charge is -2.17. The molecule has 0 aromatic carbocycles. The maximum Gasteiger partial charge on any atom is 0.0250 e. The van der Waals surface area contributed by atoms with Crippen molar-refractivity contribution in [2.75, 3.05) is 0 Å². The lowest BCUT2D eigenvalue weighted by atomic mass is 9.99. The van der Waals surface area contributed by atoms with Crippen LogP contribution in [0.4, 0.5) is 0 Å². The van der Waals surface area contributed by atoms with Crippen molar-refractivity contribution in [3.8, 4) is 0 Å². The first-order chi connectivity index (χ1) is 7.31. The molecule has 0 bridgehead atoms. The van der Waals surface area contributed by atoms with E-state index in [0.717, 1.165) is 12.3 Å². The van der Waals surface area contributed by atoms with Gasteiger partial charge in [-0.2, -0.15) is 0 Å². The van der Waals surface area contributed by atoms with Crippen molar-refractivity contribution in [3.63, 3.8) is 0 Å². The summed E-state index contributed by atoms with van der Waals surface area (Å²) < 4.78 is 2.43. The molecule has 0 N–H and O–H groups in total. The molecule has 1 atom stereocenters. The Labute approximate surface area is 94.5 Å². The Balaban J connectivity index is 2.50. The molecule has 1 aromatic rings. The first-order valence-corrected chi connectivity index (χ1v) is 6.45. The first kappa shape index (κ1) is 12.4. The summed E-state index contributed by atoms with van der Waals surface area (Å²) in [6.07, 6.45) is 8.77. The first-order valence-electron chi connectivity index (χ1n) is 6.45. The van der Waals surface area contributed by atoms with E-state index in [2.05, 4.69) is 43.7 Å². The van der Waals surface area contributed by atoms with Crippen LogP contribution in [0.5, 0.6) is 0 Å². The van der Waals surface area contributed by atoms with Gasteiger partial charge in [-0.3, -0.25) is 0 Å². The van der Waals surface area contributed by atoms with Crippen molar-refractivity contribution in [2.24, 2.45) is 5.92 Å². The van der Waals surface area contributed by atoms with Gasteiger partial charge in [0, 0.05) is 18.4 Å². The molecule has 0 aliphatic rings. The third-order valence-electron chi connectivity index (χ3n) is 3.28. The molecule has 0 radical (unpaired) electrons. The number of hydrogen-bond acceptors (Lipinski definition) is 0. The van der Waals surface area contributed by atoms with Crippen LogP contribution in [-0.4, -0.2) is 4.57 Å². The smallest absolute Gasteiger partial charge is 0.0250 e. The second kappa shape index (κ2) is 6.71. The number of hydrogen-bond donors (Lipinski definition) is 0. The molecule has 1 heteroatoms. The van der Waals surface area contributed by atoms with Gasteiger partial charge in [0.05, 0.1) is 0 Å². The van der Waals surface area contributed by atoms with Gasteiger partial charge in [0.15, 0.2) is 0 Å². The molecule has 1 heterocycles. The van der Waals surface area contributed by atoms with Gasteiger partial charge in [0.1, 0.15) is 0 Å². The quantitative estimate of drug-likeness (QED) is 0.629. The van der Waals surface area contributed by atoms with Gasteiger partial charge in [-0.15, -0.1) is 0 Å². The molecule has 1 aromatic heterocycles. The normalized spacial score (nSPS) is 13.0. The van der Waals surface area contributed by atoms with Gasteiger partial charge in [0.25, 0.3) is 0 Å². The highest BCUT2D eigenvalue weighted by Gasteiger charge is 2.08. The van der Waals surface area contributed by atoms with Gasteiger partial charge in [-0.05, 0) is 30.9 Å². The maximum atomic E-state index is 2.43. The van der Waals surface area contributed by atoms with Gasteiger partial charge >= 0.3 is 0 Å². The molecule has 86 valence electrons. The van der Waals surface area contributed by atoms with E-state index in [1.807, 2.05) is 0 Å². The van der Waals surface area contributed by atoms with Crippen molar-refractivity contribution >= 4 is 0 Å². The Kier molecular flexibility index (Phi) is 5.52. The minimum atomic E-state index is 0.864. The van der Waals surface area contributed by atoms with Crippen LogP contribution in [0.3, 0.4) is 0 Å². The molecule has 1 nitrogen and oxygen atoms in total. The summed E-state index contributed by atoms with van der Waals surface area (Å²) in [6.45, 7) is 8.04. The third-order valence-corrected chi connectivity index (χ3v) is 3.28. The second-order valence-corrected chi connectivity index (χ2v) is 4.42. The van der Waals surface area contributed by atoms with E-state index in [1.54, 1.807) is 0 Å². The molecule has 0 saturated carbocycles. The van der Waals surface area contributed by atoms with Crippen LogP contribution in [-0.2, 0) is 13.0 Å². The van der Waals surface area contributed by atoms with Gasteiger partial charge < -0.3 is 4.57 Å². The van der Waals surface area contributed by atoms with E-state index in [0.29, 0.717) is 0 Å². The zero-order chi connectivity index (χ0) is 11.1. The van der Waals surface area contributed by atoms with E-state index in [-0.39, 0.29) is 0 Å². The van der Waals surface area contributed by atoms with E-state index < -0.39 is 0 Å². The summed E-state index contributed by atoms with van der Waals surface area (Å²) >= 11 is 0. The lowest BCUT2D eigenvalue weighted by Crippen LogP contribution is -2.11. The Morgan fingerprint density at radius 1 is 1.27 bits per heavy atom. The third kappa shape index (κ3) is 3.73. The summed E-state index contributed by atoms with van der Waals surface area (Å²) in [4.78, 5) is 0. The Bertz CT molecular complexity index is 262. The van der Waals surface area contributed by atoms with E-state index in [1.165, 1.54) is 37.9 Å². The number of aryl methyl sites for hydroxylation is 1. The average molecular weight is 207 g/mol. The minimum Gasteiger partial charge on any atom is -0.351 e. The lowest BCUT2D eigenvalue weighted by molar-refractivity contribution is 0.386. The molecule has 0 aliphatic heterocycles. The number of rotatable bonds is 7. The van der Waals surface area contributed by atoms with Crippen molar-refractivity contribution in [2.45, 2.75) is 59.4 Å². The van der Waals surface area contributed by atoms with Crippen LogP contribution in [0.2, 0.25) is 0 Å². The van der Waals surface area contributed by atoms with Crippen LogP contribution in [0, 0.1) is 5.92 Å². The Hall–Kier alpha value is -0.720. The molecule has 0 spiro atoms. The van der Waals surface area contributed by atoms with E-state index in [4.69, 9.17) is 0 Å². The standard InChI is InChI=1S/C14H25N/c1-4-7-9-13(5-2)12-15-11-8-10-14(15)6-3/h8,10-11,13H,4-7,9,12H2,1-3H3. The highest BCUT2D eigenvalue weighted by atomic mass is 15.0. The van der Waals surface area contributed by atoms with Gasteiger partial charge in [0.2, 0.25) is 0 Å². The van der Waals surface area contributed by atoms with Crippen molar-refractivity contribution in [1.82, 2.24) is 4.57 Å². The van der Waals surface area contributed by atoms with E-state index >= 15 is 0 Å². The number of nitrogens with zero attached hydrogens (tertiary/aromatic N) is 1. The average Bonchev–Trinajstić information content (AvgIpc) is 2.71. The maximum absolute atomic E-state index is 2.43. The van der Waals surface area contributed by atoms with Crippen LogP contribution >= 0.6 is 0 Å². The van der Waals surface area contributed by atoms with Crippen LogP contribution in [0.25, 0.3) is 0 Å². The molecule has 0 saturated heterocycles. The Morgan fingerprint density at radius 2 is 2.07 bits per heavy atom. The van der Waals surface area contributed by atoms with Crippen LogP contribution in [0.15, 0.2) is 18.3 Å². The molecular weight excluding hydrogens is 182 g/mol. The molecular formula is C14H25N. The van der Waals surface area contributed by atoms with Crippen molar-refractivity contribution in [1.29, 1.82) is 0 Å². The fourth-order valence-corrected chi connectivity index (χ4v) is 2.14. The summed E-state index contributed by atoms with van der Waals surface area (Å²) in [5.41, 5.74) is 1.48. The number of unbranched alkanes of at least 4 members (excludes halogenated alkanes) is 1. The highest BCUT2D eigenvalue weighted by Crippen LogP contribution is 2.16. The van der Waals surface area contributed by atoms with Crippen LogP contribution < -0.4 is 0 Å². The summed E-state index contributed by atoms with van der Waals surface area (Å²) in [5, 5.41) is 0. The zero-order valence-corrected chi connectivity index (χ0v) is 10.5. The zero-order valence-electron chi connectivity index (χ0n) is 10.5. The summed E-state index contributed by atoms with van der Waals surface area (Å²) in [6, 6.07) is 4.41. The van der Waals surface area contributed by atoms with Crippen molar-refractivity contribution < 1.29 is 0 Å². The topological polar surface area (TPSA) is 4.93 Å². The fraction of sp³-hybridized carbons (Fsp3) is 0.714. The van der Waals surface area contributed by atoms with E-state index in [9.17, 15) is 0 Å². The van der Waals surface area contributed by atoms with Gasteiger partial charge in [-0.25, -0.2) is 0 Å². The molecule has 0 amide bonds. The van der Waals surface area contributed by atoms with Gasteiger partial charge in [-0.1, -0.05) is 40.0 Å². The fourth-order valence-electron chi connectivity index (χ4n) is 2.14. The second-order valence-electron chi connectivity index (χ2n) is 4.42. The predicted molar refractivity (Wildman–Crippen MR) is 67.1 cm³/mol. The minimum absolute atomic E-state index is 0.864. The van der Waals surface area contributed by atoms with Crippen molar-refractivity contribution in [3.05, 3.63) is 24.0 Å². The predicted octanol–water partition coefficient (Wildman–Crippen LogP) is 4.27. The van der Waals surface area contributed by atoms with Crippen LogP contribution in [0.1, 0.15) is 52.1 Å². The monoisotopic (exact) mass is 207 g/mol. The summed E-state index contributed by atoms with van der Waals surface area (Å²) in [7, 11) is 0.